The number of anilines is 1. The molecule has 3 amide bonds. The lowest BCUT2D eigenvalue weighted by atomic mass is 9.96. The summed E-state index contributed by atoms with van der Waals surface area (Å²) < 4.78 is 34.7. The van der Waals surface area contributed by atoms with Gasteiger partial charge in [0.25, 0.3) is 15.9 Å². The van der Waals surface area contributed by atoms with E-state index in [9.17, 15) is 23.1 Å². The molecule has 0 unspecified atom stereocenters. The van der Waals surface area contributed by atoms with Crippen molar-refractivity contribution < 1.29 is 27.9 Å². The average molecular weight is 573 g/mol. The van der Waals surface area contributed by atoms with Crippen LogP contribution in [0.3, 0.4) is 0 Å². The van der Waals surface area contributed by atoms with Gasteiger partial charge in [-0.3, -0.25) is 9.52 Å². The Hall–Kier alpha value is -3.31. The molecule has 3 atom stereocenters. The fraction of sp³-hybridized carbons (Fsp3) is 0.517. The number of urea groups is 1. The van der Waals surface area contributed by atoms with Crippen LogP contribution >= 0.6 is 0 Å². The first-order chi connectivity index (χ1) is 19.1. The van der Waals surface area contributed by atoms with Crippen LogP contribution in [0.15, 0.2) is 53.4 Å². The molecule has 218 valence electrons. The molecule has 10 nitrogen and oxygen atoms in total. The van der Waals surface area contributed by atoms with Crippen molar-refractivity contribution in [2.24, 2.45) is 5.92 Å². The number of aliphatic hydroxyl groups excluding tert-OH is 1. The van der Waals surface area contributed by atoms with Gasteiger partial charge in [-0.05, 0) is 50.1 Å². The Balaban J connectivity index is 1.59. The van der Waals surface area contributed by atoms with Gasteiger partial charge in [0.05, 0.1) is 29.7 Å². The Morgan fingerprint density at radius 2 is 1.85 bits per heavy atom. The Labute approximate surface area is 236 Å². The molecule has 3 N–H and O–H groups in total. The SMILES string of the molecule is C[C@H]1CN([C@@H](C)CO)C(=O)c2cc(NS(=O)(=O)c3ccccc3)ccc2O[C@H]1CN(C)C(=O)NC1CCCCC1. The van der Waals surface area contributed by atoms with Crippen LogP contribution in [0.25, 0.3) is 0 Å². The minimum Gasteiger partial charge on any atom is -0.487 e. The third-order valence-electron chi connectivity index (χ3n) is 7.70. The lowest BCUT2D eigenvalue weighted by Crippen LogP contribution is -2.52. The van der Waals surface area contributed by atoms with Crippen molar-refractivity contribution in [2.75, 3.05) is 31.5 Å². The zero-order chi connectivity index (χ0) is 28.9. The van der Waals surface area contributed by atoms with Gasteiger partial charge in [0, 0.05) is 31.2 Å². The van der Waals surface area contributed by atoms with Gasteiger partial charge < -0.3 is 25.0 Å². The fourth-order valence-corrected chi connectivity index (χ4v) is 6.27. The molecule has 1 heterocycles. The first-order valence-electron chi connectivity index (χ1n) is 13.9. The lowest BCUT2D eigenvalue weighted by molar-refractivity contribution is 0.0366. The monoisotopic (exact) mass is 572 g/mol. The van der Waals surface area contributed by atoms with E-state index in [1.807, 2.05) is 6.92 Å². The maximum Gasteiger partial charge on any atom is 0.317 e. The number of sulfonamides is 1. The minimum atomic E-state index is -3.87. The van der Waals surface area contributed by atoms with Crippen LogP contribution in [-0.2, 0) is 10.0 Å². The Kier molecular flexibility index (Phi) is 9.57. The van der Waals surface area contributed by atoms with E-state index in [4.69, 9.17) is 4.74 Å². The van der Waals surface area contributed by atoms with Gasteiger partial charge in [0.1, 0.15) is 11.9 Å². The lowest BCUT2D eigenvalue weighted by Gasteiger charge is -2.38. The summed E-state index contributed by atoms with van der Waals surface area (Å²) in [5.74, 6) is -0.237. The van der Waals surface area contributed by atoms with E-state index in [0.29, 0.717) is 12.3 Å². The van der Waals surface area contributed by atoms with E-state index < -0.39 is 22.2 Å². The number of fused-ring (bicyclic) bond motifs is 1. The average Bonchev–Trinajstić information content (AvgIpc) is 2.95. The number of nitrogens with zero attached hydrogens (tertiary/aromatic N) is 2. The largest absolute Gasteiger partial charge is 0.487 e. The second-order valence-corrected chi connectivity index (χ2v) is 12.6. The van der Waals surface area contributed by atoms with Crippen LogP contribution in [-0.4, -0.2) is 80.2 Å². The van der Waals surface area contributed by atoms with Crippen molar-refractivity contribution in [1.82, 2.24) is 15.1 Å². The van der Waals surface area contributed by atoms with Crippen molar-refractivity contribution in [3.63, 3.8) is 0 Å². The quantitative estimate of drug-likeness (QED) is 0.443. The smallest absolute Gasteiger partial charge is 0.317 e. The Bertz CT molecular complexity index is 1280. The number of amides is 3. The van der Waals surface area contributed by atoms with Crippen LogP contribution in [0.4, 0.5) is 10.5 Å². The third kappa shape index (κ3) is 7.06. The summed E-state index contributed by atoms with van der Waals surface area (Å²) in [6, 6.07) is 12.1. The molecule has 2 aromatic rings. The molecular weight excluding hydrogens is 532 g/mol. The van der Waals surface area contributed by atoms with Crippen molar-refractivity contribution in [3.8, 4) is 5.75 Å². The van der Waals surface area contributed by atoms with Crippen molar-refractivity contribution >= 4 is 27.6 Å². The second kappa shape index (κ2) is 12.9. The van der Waals surface area contributed by atoms with Crippen LogP contribution < -0.4 is 14.8 Å². The topological polar surface area (TPSA) is 128 Å². The van der Waals surface area contributed by atoms with Crippen molar-refractivity contribution in [3.05, 3.63) is 54.1 Å². The summed E-state index contributed by atoms with van der Waals surface area (Å²) in [6.07, 6.45) is 4.95. The zero-order valence-electron chi connectivity index (χ0n) is 23.4. The molecule has 0 bridgehead atoms. The molecule has 4 rings (SSSR count). The predicted octanol–water partition coefficient (Wildman–Crippen LogP) is 3.68. The van der Waals surface area contributed by atoms with E-state index in [1.165, 1.54) is 24.6 Å². The van der Waals surface area contributed by atoms with Gasteiger partial charge in [0.2, 0.25) is 0 Å². The zero-order valence-corrected chi connectivity index (χ0v) is 24.2. The van der Waals surface area contributed by atoms with Crippen LogP contribution in [0.5, 0.6) is 5.75 Å². The molecule has 0 radical (unpaired) electrons. The van der Waals surface area contributed by atoms with Gasteiger partial charge in [-0.1, -0.05) is 44.4 Å². The van der Waals surface area contributed by atoms with E-state index in [0.717, 1.165) is 25.7 Å². The maximum absolute atomic E-state index is 13.7. The molecule has 0 saturated heterocycles. The number of rotatable bonds is 8. The number of hydrogen-bond donors (Lipinski definition) is 3. The van der Waals surface area contributed by atoms with Gasteiger partial charge in [0.15, 0.2) is 0 Å². The van der Waals surface area contributed by atoms with Crippen LogP contribution in [0.2, 0.25) is 0 Å². The van der Waals surface area contributed by atoms with E-state index in [-0.39, 0.29) is 53.2 Å². The highest BCUT2D eigenvalue weighted by atomic mass is 32.2. The highest BCUT2D eigenvalue weighted by Gasteiger charge is 2.34. The van der Waals surface area contributed by atoms with Gasteiger partial charge in [-0.2, -0.15) is 0 Å². The van der Waals surface area contributed by atoms with Gasteiger partial charge in [-0.15, -0.1) is 0 Å². The molecule has 2 aliphatic rings. The first-order valence-corrected chi connectivity index (χ1v) is 15.4. The van der Waals surface area contributed by atoms with E-state index in [2.05, 4.69) is 10.0 Å². The summed E-state index contributed by atoms with van der Waals surface area (Å²) in [5.41, 5.74) is 0.394. The summed E-state index contributed by atoms with van der Waals surface area (Å²) >= 11 is 0. The molecule has 40 heavy (non-hydrogen) atoms. The molecule has 1 aliphatic heterocycles. The Morgan fingerprint density at radius 1 is 1.15 bits per heavy atom. The predicted molar refractivity (Wildman–Crippen MR) is 153 cm³/mol. The summed E-state index contributed by atoms with van der Waals surface area (Å²) in [5, 5.41) is 13.0. The summed E-state index contributed by atoms with van der Waals surface area (Å²) in [4.78, 5) is 29.9. The maximum atomic E-state index is 13.7. The number of hydrogen-bond acceptors (Lipinski definition) is 6. The highest BCUT2D eigenvalue weighted by molar-refractivity contribution is 7.92. The molecule has 2 aromatic carbocycles. The second-order valence-electron chi connectivity index (χ2n) is 10.9. The number of carbonyl (C=O) groups excluding carboxylic acids is 2. The Morgan fingerprint density at radius 3 is 2.52 bits per heavy atom. The molecule has 1 aliphatic carbocycles. The summed E-state index contributed by atoms with van der Waals surface area (Å²) in [6.45, 7) is 4.06. The van der Waals surface area contributed by atoms with Crippen LogP contribution in [0.1, 0.15) is 56.3 Å². The number of aliphatic hydroxyl groups is 1. The van der Waals surface area contributed by atoms with Crippen LogP contribution in [0, 0.1) is 5.92 Å². The third-order valence-corrected chi connectivity index (χ3v) is 9.10. The number of nitrogens with one attached hydrogen (secondary N) is 2. The molecule has 1 saturated carbocycles. The first kappa shape index (κ1) is 29.7. The molecular formula is C29H40N4O6S. The number of carbonyl (C=O) groups is 2. The number of benzene rings is 2. The standard InChI is InChI=1S/C29H40N4O6S/c1-20-17-33(21(2)19-34)28(35)25-16-23(31-40(37,38)24-12-8-5-9-13-24)14-15-26(25)39-27(20)18-32(3)29(36)30-22-10-6-4-7-11-22/h5,8-9,12-16,20-22,27,31,34H,4,6-7,10-11,17-19H2,1-3H3,(H,30,36)/t20-,21-,27-/m0/s1. The minimum absolute atomic E-state index is 0.100. The molecule has 11 heteroatoms. The normalized spacial score (nSPS) is 20.9. The van der Waals surface area contributed by atoms with Crippen molar-refractivity contribution in [2.45, 2.75) is 69.0 Å². The molecule has 0 aromatic heterocycles. The van der Waals surface area contributed by atoms with Gasteiger partial charge >= 0.3 is 6.03 Å². The summed E-state index contributed by atoms with van der Waals surface area (Å²) in [7, 11) is -2.14. The van der Waals surface area contributed by atoms with Crippen molar-refractivity contribution in [1.29, 1.82) is 0 Å². The molecule has 1 fully saturated rings. The molecule has 0 spiro atoms. The number of ether oxygens (including phenoxy) is 1. The number of likely N-dealkylation sites (N-methyl/N-ethyl adjacent to an activating group) is 1. The van der Waals surface area contributed by atoms with Gasteiger partial charge in [-0.25, -0.2) is 13.2 Å². The highest BCUT2D eigenvalue weighted by Crippen LogP contribution is 2.31. The van der Waals surface area contributed by atoms with E-state index in [1.54, 1.807) is 54.1 Å². The fourth-order valence-electron chi connectivity index (χ4n) is 5.20. The van der Waals surface area contributed by atoms with E-state index >= 15 is 0 Å².